The van der Waals surface area contributed by atoms with Crippen molar-refractivity contribution in [1.82, 2.24) is 5.32 Å². The summed E-state index contributed by atoms with van der Waals surface area (Å²) in [5.41, 5.74) is 8.37. The van der Waals surface area contributed by atoms with Gasteiger partial charge in [0.25, 0.3) is 0 Å². The number of carbonyl (C=O) groups is 3. The lowest BCUT2D eigenvalue weighted by Crippen LogP contribution is -2.23. The number of carbonyl (C=O) groups excluding carboxylic acids is 3. The molecule has 0 spiro atoms. The molecule has 0 unspecified atom stereocenters. The minimum atomic E-state index is -0.624. The van der Waals surface area contributed by atoms with E-state index in [-0.39, 0.29) is 24.5 Å². The number of hydrogen-bond acceptors (Lipinski definition) is 3. The van der Waals surface area contributed by atoms with Gasteiger partial charge in [-0.1, -0.05) is 49.7 Å². The number of nitrogens with one attached hydrogen (secondary N) is 2. The monoisotopic (exact) mass is 367 g/mol. The van der Waals surface area contributed by atoms with Crippen LogP contribution < -0.4 is 16.4 Å². The Morgan fingerprint density at radius 3 is 2.11 bits per heavy atom. The first-order valence-corrected chi connectivity index (χ1v) is 9.02. The number of aryl methyl sites for hydroxylation is 1. The number of nitrogens with two attached hydrogens (primary N) is 1. The van der Waals surface area contributed by atoms with E-state index in [9.17, 15) is 14.4 Å². The molecule has 2 aromatic rings. The number of Topliss-reactive ketones (excluding diaryl/α,β-unsaturated/α-hetero) is 1. The molecule has 6 nitrogen and oxygen atoms in total. The van der Waals surface area contributed by atoms with Gasteiger partial charge in [0.05, 0.1) is 0 Å². The van der Waals surface area contributed by atoms with Crippen LogP contribution in [-0.4, -0.2) is 17.7 Å². The smallest absolute Gasteiger partial charge is 0.316 e. The van der Waals surface area contributed by atoms with Gasteiger partial charge >= 0.3 is 6.03 Å². The zero-order valence-corrected chi connectivity index (χ0v) is 15.5. The second-order valence-electron chi connectivity index (χ2n) is 6.33. The number of urea groups is 1. The minimum absolute atomic E-state index is 0.0323. The molecule has 0 heterocycles. The van der Waals surface area contributed by atoms with Crippen molar-refractivity contribution in [3.63, 3.8) is 0 Å². The third kappa shape index (κ3) is 6.93. The molecule has 0 saturated heterocycles. The van der Waals surface area contributed by atoms with Crippen molar-refractivity contribution in [2.45, 2.75) is 39.2 Å². The van der Waals surface area contributed by atoms with E-state index in [1.54, 1.807) is 24.3 Å². The average molecular weight is 367 g/mol. The molecule has 142 valence electrons. The van der Waals surface area contributed by atoms with Crippen molar-refractivity contribution < 1.29 is 14.4 Å². The maximum atomic E-state index is 12.2. The van der Waals surface area contributed by atoms with E-state index < -0.39 is 6.03 Å². The zero-order chi connectivity index (χ0) is 19.6. The molecule has 0 aromatic heterocycles. The van der Waals surface area contributed by atoms with Crippen LogP contribution in [0.1, 0.15) is 47.7 Å². The number of primary amides is 1. The second kappa shape index (κ2) is 10.1. The number of amides is 3. The Bertz CT molecular complexity index is 783. The van der Waals surface area contributed by atoms with Gasteiger partial charge < -0.3 is 16.4 Å². The van der Waals surface area contributed by atoms with Crippen LogP contribution in [0, 0.1) is 0 Å². The van der Waals surface area contributed by atoms with Crippen LogP contribution in [0.15, 0.2) is 48.5 Å². The Labute approximate surface area is 159 Å². The van der Waals surface area contributed by atoms with E-state index in [4.69, 9.17) is 5.73 Å². The number of benzene rings is 2. The normalized spacial score (nSPS) is 10.3. The molecule has 2 aromatic carbocycles. The fourth-order valence-corrected chi connectivity index (χ4v) is 2.65. The molecular weight excluding hydrogens is 342 g/mol. The summed E-state index contributed by atoms with van der Waals surface area (Å²) in [7, 11) is 0. The molecular formula is C21H25N3O3. The topological polar surface area (TPSA) is 101 Å². The summed E-state index contributed by atoms with van der Waals surface area (Å²) in [4.78, 5) is 34.9. The van der Waals surface area contributed by atoms with Crippen LogP contribution in [0.2, 0.25) is 0 Å². The van der Waals surface area contributed by atoms with E-state index in [2.05, 4.69) is 17.6 Å². The third-order valence-corrected chi connectivity index (χ3v) is 4.10. The maximum Gasteiger partial charge on any atom is 0.316 e. The molecule has 0 atom stereocenters. The predicted molar refractivity (Wildman–Crippen MR) is 105 cm³/mol. The second-order valence-corrected chi connectivity index (χ2v) is 6.33. The van der Waals surface area contributed by atoms with Crippen LogP contribution in [0.3, 0.4) is 0 Å². The number of anilines is 1. The molecule has 4 N–H and O–H groups in total. The first kappa shape index (κ1) is 20.2. The highest BCUT2D eigenvalue weighted by atomic mass is 16.2. The number of ketones is 1. The Balaban J connectivity index is 1.75. The average Bonchev–Trinajstić information content (AvgIpc) is 2.66. The SMILES string of the molecule is CCCc1ccc(C(=O)CCC(=O)NCc2ccc(NC(N)=O)cc2)cc1. The standard InChI is InChI=1S/C21H25N3O3/c1-2-3-15-4-8-17(9-5-15)19(25)12-13-20(26)23-14-16-6-10-18(11-7-16)24-21(22)27/h4-11H,2-3,12-14H2,1H3,(H,23,26)(H3,22,24,27). The van der Waals surface area contributed by atoms with Gasteiger partial charge in [-0.3, -0.25) is 9.59 Å². The Kier molecular flexibility index (Phi) is 7.55. The van der Waals surface area contributed by atoms with Gasteiger partial charge in [0.15, 0.2) is 5.78 Å². The molecule has 6 heteroatoms. The molecule has 0 aliphatic rings. The first-order chi connectivity index (χ1) is 13.0. The van der Waals surface area contributed by atoms with Gasteiger partial charge in [-0.25, -0.2) is 4.79 Å². The van der Waals surface area contributed by atoms with Gasteiger partial charge in [0.2, 0.25) is 5.91 Å². The lowest BCUT2D eigenvalue weighted by Gasteiger charge is -2.07. The van der Waals surface area contributed by atoms with Crippen molar-refractivity contribution in [3.8, 4) is 0 Å². The van der Waals surface area contributed by atoms with Crippen LogP contribution >= 0.6 is 0 Å². The van der Waals surface area contributed by atoms with Crippen molar-refractivity contribution in [2.24, 2.45) is 5.73 Å². The van der Waals surface area contributed by atoms with E-state index in [1.807, 2.05) is 24.3 Å². The zero-order valence-electron chi connectivity index (χ0n) is 15.5. The largest absolute Gasteiger partial charge is 0.352 e. The Morgan fingerprint density at radius 2 is 1.52 bits per heavy atom. The lowest BCUT2D eigenvalue weighted by atomic mass is 10.0. The van der Waals surface area contributed by atoms with Crippen molar-refractivity contribution >= 4 is 23.4 Å². The lowest BCUT2D eigenvalue weighted by molar-refractivity contribution is -0.121. The quantitative estimate of drug-likeness (QED) is 0.592. The fraction of sp³-hybridized carbons (Fsp3) is 0.286. The van der Waals surface area contributed by atoms with Gasteiger partial charge in [-0.05, 0) is 29.7 Å². The Morgan fingerprint density at radius 1 is 0.889 bits per heavy atom. The first-order valence-electron chi connectivity index (χ1n) is 9.02. The Hall–Kier alpha value is -3.15. The van der Waals surface area contributed by atoms with Crippen molar-refractivity contribution in [1.29, 1.82) is 0 Å². The van der Waals surface area contributed by atoms with E-state index >= 15 is 0 Å². The van der Waals surface area contributed by atoms with E-state index in [0.29, 0.717) is 17.8 Å². The van der Waals surface area contributed by atoms with Crippen molar-refractivity contribution in [2.75, 3.05) is 5.32 Å². The van der Waals surface area contributed by atoms with Crippen LogP contribution in [0.4, 0.5) is 10.5 Å². The van der Waals surface area contributed by atoms with Crippen LogP contribution in [0.5, 0.6) is 0 Å². The highest BCUT2D eigenvalue weighted by Gasteiger charge is 2.09. The molecule has 0 radical (unpaired) electrons. The molecule has 0 aliphatic carbocycles. The summed E-state index contributed by atoms with van der Waals surface area (Å²) >= 11 is 0. The van der Waals surface area contributed by atoms with Crippen molar-refractivity contribution in [3.05, 3.63) is 65.2 Å². The van der Waals surface area contributed by atoms with Gasteiger partial charge in [-0.2, -0.15) is 0 Å². The summed E-state index contributed by atoms with van der Waals surface area (Å²) in [6, 6.07) is 13.9. The molecule has 0 bridgehead atoms. The molecule has 0 fully saturated rings. The molecule has 0 aliphatic heterocycles. The summed E-state index contributed by atoms with van der Waals surface area (Å²) in [6.45, 7) is 2.47. The molecule has 2 rings (SSSR count). The summed E-state index contributed by atoms with van der Waals surface area (Å²) in [6.07, 6.45) is 2.39. The highest BCUT2D eigenvalue weighted by molar-refractivity contribution is 5.98. The van der Waals surface area contributed by atoms with Gasteiger partial charge in [0.1, 0.15) is 0 Å². The number of hydrogen-bond donors (Lipinski definition) is 3. The van der Waals surface area contributed by atoms with Crippen LogP contribution in [0.25, 0.3) is 0 Å². The summed E-state index contributed by atoms with van der Waals surface area (Å²) < 4.78 is 0. The number of rotatable bonds is 9. The van der Waals surface area contributed by atoms with Gasteiger partial charge in [0, 0.05) is 30.6 Å². The summed E-state index contributed by atoms with van der Waals surface area (Å²) in [5.74, 6) is -0.208. The third-order valence-electron chi connectivity index (χ3n) is 4.10. The maximum absolute atomic E-state index is 12.2. The van der Waals surface area contributed by atoms with E-state index in [0.717, 1.165) is 18.4 Å². The fourth-order valence-electron chi connectivity index (χ4n) is 2.65. The molecule has 27 heavy (non-hydrogen) atoms. The predicted octanol–water partition coefficient (Wildman–Crippen LogP) is 3.41. The van der Waals surface area contributed by atoms with E-state index in [1.165, 1.54) is 5.56 Å². The van der Waals surface area contributed by atoms with Crippen LogP contribution in [-0.2, 0) is 17.8 Å². The highest BCUT2D eigenvalue weighted by Crippen LogP contribution is 2.11. The van der Waals surface area contributed by atoms with Gasteiger partial charge in [-0.15, -0.1) is 0 Å². The minimum Gasteiger partial charge on any atom is -0.352 e. The molecule has 3 amide bonds. The summed E-state index contributed by atoms with van der Waals surface area (Å²) in [5, 5.41) is 5.26. The molecule has 0 saturated carbocycles.